The summed E-state index contributed by atoms with van der Waals surface area (Å²) in [6.07, 6.45) is 3.56. The molecule has 0 aliphatic heterocycles. The highest BCUT2D eigenvalue weighted by Gasteiger charge is 2.31. The summed E-state index contributed by atoms with van der Waals surface area (Å²) in [5.41, 5.74) is 5.17. The maximum absolute atomic E-state index is 12.5. The molecule has 1 unspecified atom stereocenters. The van der Waals surface area contributed by atoms with Gasteiger partial charge in [0.2, 0.25) is 5.91 Å². The van der Waals surface area contributed by atoms with Crippen molar-refractivity contribution in [1.29, 1.82) is 0 Å². The van der Waals surface area contributed by atoms with Gasteiger partial charge in [0.05, 0.1) is 6.33 Å². The number of amides is 1. The highest BCUT2D eigenvalue weighted by molar-refractivity contribution is 5.77. The Morgan fingerprint density at radius 3 is 2.74 bits per heavy atom. The normalized spacial score (nSPS) is 15.8. The molecule has 9 nitrogen and oxygen atoms in total. The molecule has 0 saturated heterocycles. The molecule has 2 heterocycles. The molecule has 2 aromatic heterocycles. The SMILES string of the molecule is Cn1cnc2c1c(=O)n(CC(=O)NC(CN)C1CC1)c(=O)n2C. The highest BCUT2D eigenvalue weighted by Crippen LogP contribution is 2.32. The second kappa shape index (κ2) is 5.65. The smallest absolute Gasteiger partial charge is 0.332 e. The number of fused-ring (bicyclic) bond motifs is 1. The number of carbonyl (C=O) groups excluding carboxylic acids is 1. The number of rotatable bonds is 5. The molecule has 1 fully saturated rings. The maximum atomic E-state index is 12.5. The fourth-order valence-corrected chi connectivity index (χ4v) is 2.80. The van der Waals surface area contributed by atoms with Crippen LogP contribution in [0.5, 0.6) is 0 Å². The Balaban J connectivity index is 1.93. The molecule has 3 rings (SSSR count). The first-order chi connectivity index (χ1) is 10.9. The average Bonchev–Trinajstić information content (AvgIpc) is 3.29. The predicted octanol–water partition coefficient (Wildman–Crippen LogP) is -1.71. The van der Waals surface area contributed by atoms with Crippen LogP contribution in [0, 0.1) is 5.92 Å². The third-order valence-electron chi connectivity index (χ3n) is 4.29. The second-order valence-electron chi connectivity index (χ2n) is 6.01. The Hall–Kier alpha value is -2.42. The molecule has 0 spiro atoms. The predicted molar refractivity (Wildman–Crippen MR) is 83.9 cm³/mol. The molecule has 124 valence electrons. The van der Waals surface area contributed by atoms with E-state index < -0.39 is 11.2 Å². The van der Waals surface area contributed by atoms with Gasteiger partial charge in [0.25, 0.3) is 5.56 Å². The summed E-state index contributed by atoms with van der Waals surface area (Å²) in [5, 5.41) is 2.81. The molecular formula is C14H20N6O3. The van der Waals surface area contributed by atoms with E-state index in [-0.39, 0.29) is 24.0 Å². The van der Waals surface area contributed by atoms with Crippen molar-refractivity contribution in [1.82, 2.24) is 24.0 Å². The van der Waals surface area contributed by atoms with Crippen LogP contribution in [-0.2, 0) is 25.4 Å². The zero-order valence-corrected chi connectivity index (χ0v) is 13.2. The van der Waals surface area contributed by atoms with Crippen LogP contribution >= 0.6 is 0 Å². The van der Waals surface area contributed by atoms with E-state index in [1.165, 1.54) is 17.9 Å². The maximum Gasteiger partial charge on any atom is 0.332 e. The molecule has 0 bridgehead atoms. The largest absolute Gasteiger partial charge is 0.350 e. The van der Waals surface area contributed by atoms with Gasteiger partial charge in [0, 0.05) is 26.7 Å². The lowest BCUT2D eigenvalue weighted by atomic mass is 10.2. The number of aryl methyl sites for hydroxylation is 2. The lowest BCUT2D eigenvalue weighted by Gasteiger charge is -2.16. The zero-order valence-electron chi connectivity index (χ0n) is 13.2. The molecule has 9 heteroatoms. The number of hydrogen-bond acceptors (Lipinski definition) is 5. The molecule has 3 N–H and O–H groups in total. The molecule has 1 amide bonds. The Labute approximate surface area is 131 Å². The summed E-state index contributed by atoms with van der Waals surface area (Å²) < 4.78 is 3.74. The van der Waals surface area contributed by atoms with Crippen LogP contribution in [0.4, 0.5) is 0 Å². The minimum Gasteiger partial charge on any atom is -0.350 e. The molecule has 1 saturated carbocycles. The monoisotopic (exact) mass is 320 g/mol. The van der Waals surface area contributed by atoms with Crippen molar-refractivity contribution >= 4 is 17.1 Å². The van der Waals surface area contributed by atoms with E-state index in [9.17, 15) is 14.4 Å². The molecule has 2 aromatic rings. The molecule has 0 aromatic carbocycles. The number of imidazole rings is 1. The van der Waals surface area contributed by atoms with Gasteiger partial charge in [-0.15, -0.1) is 0 Å². The number of carbonyl (C=O) groups is 1. The Morgan fingerprint density at radius 1 is 1.43 bits per heavy atom. The minimum absolute atomic E-state index is 0.0949. The lowest BCUT2D eigenvalue weighted by Crippen LogP contribution is -2.47. The number of aromatic nitrogens is 4. The van der Waals surface area contributed by atoms with Crippen LogP contribution in [0.3, 0.4) is 0 Å². The fourth-order valence-electron chi connectivity index (χ4n) is 2.80. The first-order valence-electron chi connectivity index (χ1n) is 7.54. The lowest BCUT2D eigenvalue weighted by molar-refractivity contribution is -0.122. The second-order valence-corrected chi connectivity index (χ2v) is 6.01. The standard InChI is InChI=1S/C14H20N6O3/c1-18-7-16-12-11(18)13(22)20(14(23)19(12)2)6-10(21)17-9(5-15)8-3-4-8/h7-9H,3-6,15H2,1-2H3,(H,17,21). The summed E-state index contributed by atoms with van der Waals surface area (Å²) in [5.74, 6) is 0.0242. The molecule has 1 aliphatic rings. The van der Waals surface area contributed by atoms with Crippen molar-refractivity contribution in [2.75, 3.05) is 6.54 Å². The van der Waals surface area contributed by atoms with Crippen LogP contribution in [0.25, 0.3) is 11.2 Å². The van der Waals surface area contributed by atoms with Crippen LogP contribution in [-0.4, -0.2) is 37.2 Å². The van der Waals surface area contributed by atoms with Crippen molar-refractivity contribution in [3.05, 3.63) is 27.2 Å². The van der Waals surface area contributed by atoms with Gasteiger partial charge in [-0.2, -0.15) is 0 Å². The van der Waals surface area contributed by atoms with Gasteiger partial charge in [0.15, 0.2) is 11.2 Å². The summed E-state index contributed by atoms with van der Waals surface area (Å²) in [7, 11) is 3.20. The topological polar surface area (TPSA) is 117 Å². The highest BCUT2D eigenvalue weighted by atomic mass is 16.2. The number of nitrogens with two attached hydrogens (primary N) is 1. The number of nitrogens with one attached hydrogen (secondary N) is 1. The molecule has 1 aliphatic carbocycles. The summed E-state index contributed by atoms with van der Waals surface area (Å²) in [6, 6.07) is -0.0949. The van der Waals surface area contributed by atoms with Crippen molar-refractivity contribution in [3.8, 4) is 0 Å². The van der Waals surface area contributed by atoms with Crippen LogP contribution in [0.1, 0.15) is 12.8 Å². The van der Waals surface area contributed by atoms with Gasteiger partial charge in [-0.1, -0.05) is 0 Å². The summed E-state index contributed by atoms with van der Waals surface area (Å²) in [4.78, 5) is 41.1. The van der Waals surface area contributed by atoms with Gasteiger partial charge in [-0.25, -0.2) is 14.3 Å². The number of nitrogens with zero attached hydrogens (tertiary/aromatic N) is 4. The Morgan fingerprint density at radius 2 is 2.13 bits per heavy atom. The quantitative estimate of drug-likeness (QED) is 0.680. The van der Waals surface area contributed by atoms with E-state index in [4.69, 9.17) is 5.73 Å². The summed E-state index contributed by atoms with van der Waals surface area (Å²) in [6.45, 7) is 0.0277. The molecule has 0 radical (unpaired) electrons. The van der Waals surface area contributed by atoms with E-state index in [0.717, 1.165) is 17.4 Å². The van der Waals surface area contributed by atoms with Crippen LogP contribution in [0.15, 0.2) is 15.9 Å². The third-order valence-corrected chi connectivity index (χ3v) is 4.29. The van der Waals surface area contributed by atoms with Crippen LogP contribution < -0.4 is 22.3 Å². The van der Waals surface area contributed by atoms with E-state index in [1.54, 1.807) is 11.6 Å². The van der Waals surface area contributed by atoms with E-state index >= 15 is 0 Å². The van der Waals surface area contributed by atoms with E-state index in [1.807, 2.05) is 0 Å². The van der Waals surface area contributed by atoms with Gasteiger partial charge in [0.1, 0.15) is 6.54 Å². The molecular weight excluding hydrogens is 300 g/mol. The Kier molecular flexibility index (Phi) is 3.80. The average molecular weight is 320 g/mol. The zero-order chi connectivity index (χ0) is 16.7. The van der Waals surface area contributed by atoms with E-state index in [2.05, 4.69) is 10.3 Å². The molecule has 23 heavy (non-hydrogen) atoms. The first kappa shape index (κ1) is 15.5. The van der Waals surface area contributed by atoms with E-state index in [0.29, 0.717) is 18.1 Å². The Bertz CT molecular complexity index is 873. The minimum atomic E-state index is -0.563. The van der Waals surface area contributed by atoms with Crippen molar-refractivity contribution in [2.24, 2.45) is 25.7 Å². The number of hydrogen-bond donors (Lipinski definition) is 2. The van der Waals surface area contributed by atoms with Gasteiger partial charge in [-0.05, 0) is 18.8 Å². The van der Waals surface area contributed by atoms with Gasteiger partial charge >= 0.3 is 5.69 Å². The van der Waals surface area contributed by atoms with Crippen molar-refractivity contribution in [2.45, 2.75) is 25.4 Å². The van der Waals surface area contributed by atoms with Crippen molar-refractivity contribution in [3.63, 3.8) is 0 Å². The first-order valence-corrected chi connectivity index (χ1v) is 7.54. The van der Waals surface area contributed by atoms with Crippen molar-refractivity contribution < 1.29 is 4.79 Å². The summed E-state index contributed by atoms with van der Waals surface area (Å²) >= 11 is 0. The fraction of sp³-hybridized carbons (Fsp3) is 0.571. The molecule has 1 atom stereocenters. The van der Waals surface area contributed by atoms with Gasteiger partial charge < -0.3 is 15.6 Å². The van der Waals surface area contributed by atoms with Gasteiger partial charge in [-0.3, -0.25) is 14.2 Å². The van der Waals surface area contributed by atoms with Crippen LogP contribution in [0.2, 0.25) is 0 Å². The third kappa shape index (κ3) is 2.67.